The zero-order valence-corrected chi connectivity index (χ0v) is 13.1. The van der Waals surface area contributed by atoms with E-state index in [1.165, 1.54) is 0 Å². The Morgan fingerprint density at radius 2 is 2.24 bits per heavy atom. The van der Waals surface area contributed by atoms with Crippen LogP contribution in [0.1, 0.15) is 45.2 Å². The van der Waals surface area contributed by atoms with Gasteiger partial charge in [-0.05, 0) is 19.8 Å². The van der Waals surface area contributed by atoms with E-state index < -0.39 is 6.04 Å². The lowest BCUT2D eigenvalue weighted by atomic mass is 10.1. The number of aromatic nitrogens is 2. The number of carbonyl (C=O) groups is 2. The lowest BCUT2D eigenvalue weighted by Gasteiger charge is -2.33. The van der Waals surface area contributed by atoms with Crippen molar-refractivity contribution in [1.29, 1.82) is 0 Å². The van der Waals surface area contributed by atoms with E-state index in [1.54, 1.807) is 4.90 Å². The van der Waals surface area contributed by atoms with E-state index in [9.17, 15) is 9.59 Å². The zero-order valence-electron chi connectivity index (χ0n) is 13.1. The molecule has 21 heavy (non-hydrogen) atoms. The van der Waals surface area contributed by atoms with Crippen molar-refractivity contribution in [3.8, 4) is 0 Å². The van der Waals surface area contributed by atoms with Crippen LogP contribution in [0.2, 0.25) is 0 Å². The summed E-state index contributed by atoms with van der Waals surface area (Å²) in [5.74, 6) is 0.660. The van der Waals surface area contributed by atoms with Crippen LogP contribution in [0, 0.1) is 6.92 Å². The summed E-state index contributed by atoms with van der Waals surface area (Å²) in [4.78, 5) is 26.3. The number of hydrogen-bond donors (Lipinski definition) is 1. The van der Waals surface area contributed by atoms with Gasteiger partial charge in [-0.15, -0.1) is 0 Å². The Morgan fingerprint density at radius 1 is 1.48 bits per heavy atom. The molecule has 1 aliphatic rings. The van der Waals surface area contributed by atoms with Crippen molar-refractivity contribution in [3.63, 3.8) is 0 Å². The van der Waals surface area contributed by atoms with Gasteiger partial charge in [-0.2, -0.15) is 5.10 Å². The topological polar surface area (TPSA) is 67.2 Å². The van der Waals surface area contributed by atoms with E-state index in [0.717, 1.165) is 24.4 Å². The summed E-state index contributed by atoms with van der Waals surface area (Å²) in [6, 6.07) is 1.42. The number of rotatable bonds is 6. The molecule has 1 N–H and O–H groups in total. The van der Waals surface area contributed by atoms with E-state index in [1.807, 2.05) is 24.6 Å². The molecule has 1 atom stereocenters. The molecule has 0 fully saturated rings. The fourth-order valence-corrected chi connectivity index (χ4v) is 2.66. The van der Waals surface area contributed by atoms with Crippen molar-refractivity contribution in [2.45, 2.75) is 59.0 Å². The molecule has 0 aromatic carbocycles. The van der Waals surface area contributed by atoms with E-state index in [4.69, 9.17) is 0 Å². The highest BCUT2D eigenvalue weighted by molar-refractivity contribution is 6.00. The molecular weight excluding hydrogens is 268 g/mol. The molecule has 1 aliphatic heterocycles. The van der Waals surface area contributed by atoms with Gasteiger partial charge in [0.2, 0.25) is 11.8 Å². The van der Waals surface area contributed by atoms with Gasteiger partial charge in [0.25, 0.3) is 0 Å². The third-order valence-corrected chi connectivity index (χ3v) is 3.76. The predicted octanol–water partition coefficient (Wildman–Crippen LogP) is 1.62. The Labute approximate surface area is 125 Å². The molecule has 6 nitrogen and oxygen atoms in total. The van der Waals surface area contributed by atoms with Crippen molar-refractivity contribution >= 4 is 17.6 Å². The highest BCUT2D eigenvalue weighted by atomic mass is 16.2. The molecule has 1 aromatic rings. The summed E-state index contributed by atoms with van der Waals surface area (Å²) in [7, 11) is 0. The van der Waals surface area contributed by atoms with Gasteiger partial charge in [-0.25, -0.2) is 4.68 Å². The van der Waals surface area contributed by atoms with Gasteiger partial charge in [0.05, 0.1) is 12.2 Å². The predicted molar refractivity (Wildman–Crippen MR) is 81.1 cm³/mol. The van der Waals surface area contributed by atoms with Crippen molar-refractivity contribution in [2.24, 2.45) is 0 Å². The van der Waals surface area contributed by atoms with Crippen LogP contribution in [0.4, 0.5) is 5.82 Å². The van der Waals surface area contributed by atoms with Gasteiger partial charge in [-0.1, -0.05) is 20.3 Å². The van der Waals surface area contributed by atoms with E-state index in [-0.39, 0.29) is 11.8 Å². The second-order valence-electron chi connectivity index (χ2n) is 5.45. The smallest absolute Gasteiger partial charge is 0.243 e. The molecule has 1 aromatic heterocycles. The Bertz CT molecular complexity index is 524. The van der Waals surface area contributed by atoms with Gasteiger partial charge in [0.1, 0.15) is 11.9 Å². The van der Waals surface area contributed by atoms with Crippen LogP contribution in [0.5, 0.6) is 0 Å². The van der Waals surface area contributed by atoms with Crippen LogP contribution in [0.25, 0.3) is 0 Å². The van der Waals surface area contributed by atoms with Crippen LogP contribution in [0.3, 0.4) is 0 Å². The molecular formula is C15H24N4O2. The minimum atomic E-state index is -0.454. The summed E-state index contributed by atoms with van der Waals surface area (Å²) >= 11 is 0. The van der Waals surface area contributed by atoms with Gasteiger partial charge in [-0.3, -0.25) is 14.5 Å². The van der Waals surface area contributed by atoms with E-state index in [2.05, 4.69) is 17.3 Å². The molecule has 2 amide bonds. The number of aryl methyl sites for hydroxylation is 2. The fraction of sp³-hybridized carbons (Fsp3) is 0.667. The number of hydrogen-bond acceptors (Lipinski definition) is 3. The summed E-state index contributed by atoms with van der Waals surface area (Å²) in [6.07, 6.45) is 2.97. The third kappa shape index (κ3) is 3.25. The number of unbranched alkanes of at least 4 members (excludes halogenated alkanes) is 1. The number of amides is 2. The molecule has 116 valence electrons. The van der Waals surface area contributed by atoms with Gasteiger partial charge in [0, 0.05) is 19.0 Å². The lowest BCUT2D eigenvalue weighted by molar-refractivity contribution is -0.127. The molecule has 0 saturated heterocycles. The zero-order chi connectivity index (χ0) is 15.4. The van der Waals surface area contributed by atoms with E-state index in [0.29, 0.717) is 25.9 Å². The number of nitrogens with zero attached hydrogens (tertiary/aromatic N) is 3. The SMILES string of the molecule is CCCCNC(=O)[C@@H](CC)N1C(=O)CCn2nc(C)cc21. The largest absolute Gasteiger partial charge is 0.354 e. The monoisotopic (exact) mass is 292 g/mol. The molecule has 0 saturated carbocycles. The van der Waals surface area contributed by atoms with Crippen LogP contribution in [-0.2, 0) is 16.1 Å². The fourth-order valence-electron chi connectivity index (χ4n) is 2.66. The Morgan fingerprint density at radius 3 is 2.90 bits per heavy atom. The molecule has 0 aliphatic carbocycles. The quantitative estimate of drug-likeness (QED) is 0.810. The maximum atomic E-state index is 12.4. The molecule has 0 bridgehead atoms. The molecule has 0 spiro atoms. The van der Waals surface area contributed by atoms with Crippen LogP contribution in [-0.4, -0.2) is 34.2 Å². The average molecular weight is 292 g/mol. The Balaban J connectivity index is 2.20. The first kappa shape index (κ1) is 15.5. The molecule has 0 unspecified atom stereocenters. The number of anilines is 1. The molecule has 6 heteroatoms. The second kappa shape index (κ2) is 6.74. The van der Waals surface area contributed by atoms with Crippen LogP contribution >= 0.6 is 0 Å². The van der Waals surface area contributed by atoms with E-state index >= 15 is 0 Å². The molecule has 2 heterocycles. The first-order chi connectivity index (χ1) is 10.1. The average Bonchev–Trinajstić information content (AvgIpc) is 2.83. The van der Waals surface area contributed by atoms with Crippen molar-refractivity contribution < 1.29 is 9.59 Å². The highest BCUT2D eigenvalue weighted by Gasteiger charge is 2.34. The molecule has 2 rings (SSSR count). The minimum Gasteiger partial charge on any atom is -0.354 e. The third-order valence-electron chi connectivity index (χ3n) is 3.76. The standard InChI is InChI=1S/C15H24N4O2/c1-4-6-8-16-15(21)12(5-2)19-13-10-11(3)17-18(13)9-7-14(19)20/h10,12H,4-9H2,1-3H3,(H,16,21)/t12-/m1/s1. The lowest BCUT2D eigenvalue weighted by Crippen LogP contribution is -2.52. The molecule has 0 radical (unpaired) electrons. The number of carbonyl (C=O) groups excluding carboxylic acids is 2. The van der Waals surface area contributed by atoms with Gasteiger partial charge < -0.3 is 5.32 Å². The highest BCUT2D eigenvalue weighted by Crippen LogP contribution is 2.25. The summed E-state index contributed by atoms with van der Waals surface area (Å²) in [6.45, 7) is 7.16. The van der Waals surface area contributed by atoms with Crippen LogP contribution in [0.15, 0.2) is 6.07 Å². The first-order valence-electron chi connectivity index (χ1n) is 7.72. The summed E-state index contributed by atoms with van der Waals surface area (Å²) < 4.78 is 1.82. The minimum absolute atomic E-state index is 0.000100. The normalized spacial score (nSPS) is 15.8. The summed E-state index contributed by atoms with van der Waals surface area (Å²) in [5, 5.41) is 7.31. The van der Waals surface area contributed by atoms with Crippen molar-refractivity contribution in [2.75, 3.05) is 11.4 Å². The maximum Gasteiger partial charge on any atom is 0.243 e. The Kier molecular flexibility index (Phi) is 4.98. The number of fused-ring (bicyclic) bond motifs is 1. The van der Waals surface area contributed by atoms with Crippen molar-refractivity contribution in [3.05, 3.63) is 11.8 Å². The number of nitrogens with one attached hydrogen (secondary N) is 1. The van der Waals surface area contributed by atoms with Crippen LogP contribution < -0.4 is 10.2 Å². The van der Waals surface area contributed by atoms with Gasteiger partial charge in [0.15, 0.2) is 0 Å². The van der Waals surface area contributed by atoms with Crippen molar-refractivity contribution in [1.82, 2.24) is 15.1 Å². The Hall–Kier alpha value is -1.85. The first-order valence-corrected chi connectivity index (χ1v) is 7.72. The second-order valence-corrected chi connectivity index (χ2v) is 5.45. The van der Waals surface area contributed by atoms with Gasteiger partial charge >= 0.3 is 0 Å². The summed E-state index contributed by atoms with van der Waals surface area (Å²) in [5.41, 5.74) is 0.867. The maximum absolute atomic E-state index is 12.4.